The van der Waals surface area contributed by atoms with Crippen molar-refractivity contribution in [1.82, 2.24) is 5.32 Å². The third kappa shape index (κ3) is 4.74. The van der Waals surface area contributed by atoms with Crippen LogP contribution in [0.5, 0.6) is 0 Å². The van der Waals surface area contributed by atoms with Crippen LogP contribution in [0.15, 0.2) is 12.1 Å². The lowest BCUT2D eigenvalue weighted by Crippen LogP contribution is -2.27. The summed E-state index contributed by atoms with van der Waals surface area (Å²) in [5.74, 6) is -0.179. The Balaban J connectivity index is 2.95. The first-order chi connectivity index (χ1) is 9.51. The quantitative estimate of drug-likeness (QED) is 0.737. The van der Waals surface area contributed by atoms with E-state index in [2.05, 4.69) is 26.1 Å². The lowest BCUT2D eigenvalue weighted by Gasteiger charge is -2.22. The van der Waals surface area contributed by atoms with Crippen molar-refractivity contribution in [3.8, 4) is 0 Å². The van der Waals surface area contributed by atoms with E-state index in [4.69, 9.17) is 0 Å². The van der Waals surface area contributed by atoms with Crippen LogP contribution in [0.1, 0.15) is 50.8 Å². The summed E-state index contributed by atoms with van der Waals surface area (Å²) in [6.07, 6.45) is 2.00. The van der Waals surface area contributed by atoms with E-state index in [1.165, 1.54) is 12.1 Å². The third-order valence-corrected chi connectivity index (χ3v) is 4.86. The van der Waals surface area contributed by atoms with Crippen LogP contribution in [0.25, 0.3) is 0 Å². The number of rotatable bonds is 8. The monoisotopic (exact) mass is 301 g/mol. The molecule has 1 aromatic carbocycles. The Morgan fingerprint density at radius 2 is 1.95 bits per heavy atom. The second kappa shape index (κ2) is 8.63. The molecule has 0 saturated heterocycles. The average molecular weight is 301 g/mol. The van der Waals surface area contributed by atoms with Crippen molar-refractivity contribution in [3.63, 3.8) is 0 Å². The smallest absolute Gasteiger partial charge is 0.133 e. The number of hydrogen-bond donors (Lipinski definition) is 1. The Morgan fingerprint density at radius 1 is 1.25 bits per heavy atom. The fourth-order valence-electron chi connectivity index (χ4n) is 1.94. The van der Waals surface area contributed by atoms with Gasteiger partial charge in [-0.2, -0.15) is 11.8 Å². The number of nitrogens with one attached hydrogen (secondary N) is 1. The summed E-state index contributed by atoms with van der Waals surface area (Å²) in [5, 5.41) is 3.77. The lowest BCUT2D eigenvalue weighted by atomic mass is 10.0. The highest BCUT2D eigenvalue weighted by atomic mass is 32.2. The standard InChI is InChI=1S/C16H25F2NS/c1-5-9-19-14(10-20-12(4)6-2)15-13(17)8-7-11(3)16(15)18/h7-8,12,14,19H,5-6,9-10H2,1-4H3. The Morgan fingerprint density at radius 3 is 2.55 bits per heavy atom. The van der Waals surface area contributed by atoms with E-state index in [9.17, 15) is 8.78 Å². The van der Waals surface area contributed by atoms with E-state index < -0.39 is 11.6 Å². The fourth-order valence-corrected chi connectivity index (χ4v) is 2.98. The van der Waals surface area contributed by atoms with Gasteiger partial charge in [-0.05, 0) is 37.9 Å². The van der Waals surface area contributed by atoms with Gasteiger partial charge in [0, 0.05) is 22.6 Å². The third-order valence-electron chi connectivity index (χ3n) is 3.43. The molecule has 0 aliphatic rings. The first-order valence-corrected chi connectivity index (χ1v) is 8.35. The van der Waals surface area contributed by atoms with Gasteiger partial charge < -0.3 is 5.32 Å². The van der Waals surface area contributed by atoms with Crippen molar-refractivity contribution in [2.45, 2.75) is 51.8 Å². The highest BCUT2D eigenvalue weighted by Crippen LogP contribution is 2.28. The zero-order chi connectivity index (χ0) is 15.1. The van der Waals surface area contributed by atoms with Crippen LogP contribution in [-0.2, 0) is 0 Å². The molecule has 0 amide bonds. The minimum absolute atomic E-state index is 0.189. The minimum atomic E-state index is -0.452. The van der Waals surface area contributed by atoms with Crippen LogP contribution in [0.3, 0.4) is 0 Å². The predicted octanol–water partition coefficient (Wildman–Crippen LogP) is 4.85. The molecule has 0 aliphatic heterocycles. The number of thioether (sulfide) groups is 1. The summed E-state index contributed by atoms with van der Waals surface area (Å²) in [6.45, 7) is 8.76. The molecule has 2 unspecified atom stereocenters. The van der Waals surface area contributed by atoms with Gasteiger partial charge in [0.2, 0.25) is 0 Å². The first-order valence-electron chi connectivity index (χ1n) is 7.30. The molecule has 20 heavy (non-hydrogen) atoms. The molecule has 0 bridgehead atoms. The van der Waals surface area contributed by atoms with E-state index in [1.54, 1.807) is 18.7 Å². The maximum atomic E-state index is 14.3. The molecule has 2 atom stereocenters. The largest absolute Gasteiger partial charge is 0.309 e. The molecule has 1 aromatic rings. The van der Waals surface area contributed by atoms with Gasteiger partial charge in [0.15, 0.2) is 0 Å². The zero-order valence-electron chi connectivity index (χ0n) is 12.8. The second-order valence-corrected chi connectivity index (χ2v) is 6.62. The lowest BCUT2D eigenvalue weighted by molar-refractivity contribution is 0.488. The van der Waals surface area contributed by atoms with Crippen LogP contribution in [0, 0.1) is 18.6 Å². The van der Waals surface area contributed by atoms with Crippen molar-refractivity contribution in [1.29, 1.82) is 0 Å². The van der Waals surface area contributed by atoms with Gasteiger partial charge in [-0.25, -0.2) is 8.78 Å². The summed E-state index contributed by atoms with van der Waals surface area (Å²) in [5.41, 5.74) is 0.687. The van der Waals surface area contributed by atoms with Gasteiger partial charge in [-0.15, -0.1) is 0 Å². The summed E-state index contributed by atoms with van der Waals surface area (Å²) in [6, 6.07) is 2.59. The Bertz CT molecular complexity index is 423. The minimum Gasteiger partial charge on any atom is -0.309 e. The normalized spacial score (nSPS) is 14.3. The molecule has 0 spiro atoms. The highest BCUT2D eigenvalue weighted by molar-refractivity contribution is 7.99. The van der Waals surface area contributed by atoms with E-state index in [-0.39, 0.29) is 11.6 Å². The van der Waals surface area contributed by atoms with Crippen molar-refractivity contribution >= 4 is 11.8 Å². The number of benzene rings is 1. The molecule has 114 valence electrons. The van der Waals surface area contributed by atoms with E-state index in [1.807, 2.05) is 0 Å². The number of aryl methyl sites for hydroxylation is 1. The molecule has 0 aliphatic carbocycles. The van der Waals surface area contributed by atoms with Gasteiger partial charge in [-0.3, -0.25) is 0 Å². The zero-order valence-corrected chi connectivity index (χ0v) is 13.6. The van der Waals surface area contributed by atoms with Gasteiger partial charge in [0.25, 0.3) is 0 Å². The van der Waals surface area contributed by atoms with Gasteiger partial charge in [0.1, 0.15) is 11.6 Å². The van der Waals surface area contributed by atoms with Crippen LogP contribution in [0.2, 0.25) is 0 Å². The summed E-state index contributed by atoms with van der Waals surface area (Å²) >= 11 is 1.76. The van der Waals surface area contributed by atoms with Gasteiger partial charge in [0.05, 0.1) is 0 Å². The molecule has 1 rings (SSSR count). The van der Waals surface area contributed by atoms with E-state index >= 15 is 0 Å². The summed E-state index contributed by atoms with van der Waals surface area (Å²) in [4.78, 5) is 0. The number of halogens is 2. The molecule has 0 aromatic heterocycles. The van der Waals surface area contributed by atoms with E-state index in [0.717, 1.165) is 19.4 Å². The molecule has 1 N–H and O–H groups in total. The molecule has 0 fully saturated rings. The van der Waals surface area contributed by atoms with Gasteiger partial charge in [-0.1, -0.05) is 26.8 Å². The maximum absolute atomic E-state index is 14.3. The second-order valence-electron chi connectivity index (χ2n) is 5.15. The SMILES string of the molecule is CCCNC(CSC(C)CC)c1c(F)ccc(C)c1F. The van der Waals surface area contributed by atoms with Crippen molar-refractivity contribution < 1.29 is 8.78 Å². The topological polar surface area (TPSA) is 12.0 Å². The average Bonchev–Trinajstić information content (AvgIpc) is 2.44. The van der Waals surface area contributed by atoms with Crippen molar-refractivity contribution in [2.75, 3.05) is 12.3 Å². The molecule has 4 heteroatoms. The van der Waals surface area contributed by atoms with Crippen LogP contribution < -0.4 is 5.32 Å². The van der Waals surface area contributed by atoms with Crippen LogP contribution in [0.4, 0.5) is 8.78 Å². The number of hydrogen-bond acceptors (Lipinski definition) is 2. The summed E-state index contributed by atoms with van der Waals surface area (Å²) in [7, 11) is 0. The molecular weight excluding hydrogens is 276 g/mol. The molecule has 0 saturated carbocycles. The van der Waals surface area contributed by atoms with Gasteiger partial charge >= 0.3 is 0 Å². The Labute approximate surface area is 125 Å². The Kier molecular flexibility index (Phi) is 7.52. The van der Waals surface area contributed by atoms with Crippen molar-refractivity contribution in [2.24, 2.45) is 0 Å². The molecule has 1 nitrogen and oxygen atoms in total. The van der Waals surface area contributed by atoms with Crippen LogP contribution >= 0.6 is 11.8 Å². The highest BCUT2D eigenvalue weighted by Gasteiger charge is 2.21. The van der Waals surface area contributed by atoms with Crippen LogP contribution in [-0.4, -0.2) is 17.5 Å². The fraction of sp³-hybridized carbons (Fsp3) is 0.625. The summed E-state index contributed by atoms with van der Waals surface area (Å²) < 4.78 is 28.3. The predicted molar refractivity (Wildman–Crippen MR) is 84.3 cm³/mol. The first kappa shape index (κ1) is 17.4. The van der Waals surface area contributed by atoms with Crippen molar-refractivity contribution in [3.05, 3.63) is 34.9 Å². The molecule has 0 radical (unpaired) electrons. The molecule has 0 heterocycles. The molecular formula is C16H25F2NS. The Hall–Kier alpha value is -0.610. The maximum Gasteiger partial charge on any atom is 0.133 e. The van der Waals surface area contributed by atoms with E-state index in [0.29, 0.717) is 16.6 Å².